The van der Waals surface area contributed by atoms with Crippen molar-refractivity contribution in [2.45, 2.75) is 18.9 Å². The first kappa shape index (κ1) is 17.9. The zero-order valence-corrected chi connectivity index (χ0v) is 16.1. The fourth-order valence-electron chi connectivity index (χ4n) is 4.25. The lowest BCUT2D eigenvalue weighted by Crippen LogP contribution is -3.12. The number of fused-ring (bicyclic) bond motifs is 2. The predicted molar refractivity (Wildman–Crippen MR) is 106 cm³/mol. The van der Waals surface area contributed by atoms with Crippen molar-refractivity contribution in [3.63, 3.8) is 0 Å². The molecule has 146 valence electrons. The summed E-state index contributed by atoms with van der Waals surface area (Å²) in [6.07, 6.45) is 1.90. The van der Waals surface area contributed by atoms with Gasteiger partial charge in [-0.05, 0) is 18.2 Å². The summed E-state index contributed by atoms with van der Waals surface area (Å²) >= 11 is 1.64. The minimum Gasteiger partial charge on any atom is -0.309 e. The SMILES string of the molecule is O=C1c2cccc([N+](=O)[O-])c2C(=O)N1C[NH+]1CCC[C@H]1c1nc2ccccc2s1. The summed E-state index contributed by atoms with van der Waals surface area (Å²) in [5.41, 5.74) is 0.648. The molecule has 0 radical (unpaired) electrons. The van der Waals surface area contributed by atoms with Gasteiger partial charge < -0.3 is 4.90 Å². The summed E-state index contributed by atoms with van der Waals surface area (Å²) < 4.78 is 1.12. The number of hydrogen-bond donors (Lipinski definition) is 1. The van der Waals surface area contributed by atoms with Gasteiger partial charge in [-0.15, -0.1) is 11.3 Å². The molecule has 1 N–H and O–H groups in total. The Hall–Kier alpha value is -3.17. The highest BCUT2D eigenvalue weighted by Crippen LogP contribution is 2.31. The molecule has 0 bridgehead atoms. The first-order chi connectivity index (χ1) is 14.0. The van der Waals surface area contributed by atoms with Crippen LogP contribution in [0.25, 0.3) is 10.2 Å². The fourth-order valence-corrected chi connectivity index (χ4v) is 5.41. The van der Waals surface area contributed by atoms with E-state index < -0.39 is 16.7 Å². The number of rotatable bonds is 4. The van der Waals surface area contributed by atoms with Crippen molar-refractivity contribution in [3.05, 3.63) is 68.7 Å². The molecule has 2 aromatic carbocycles. The summed E-state index contributed by atoms with van der Waals surface area (Å²) in [6.45, 7) is 1.00. The number of hydrogen-bond acceptors (Lipinski definition) is 6. The molecular weight excluding hydrogens is 392 g/mol. The van der Waals surface area contributed by atoms with E-state index in [0.29, 0.717) is 0 Å². The van der Waals surface area contributed by atoms with Crippen LogP contribution in [-0.2, 0) is 0 Å². The molecule has 2 atom stereocenters. The van der Waals surface area contributed by atoms with Crippen LogP contribution in [0.3, 0.4) is 0 Å². The number of quaternary nitrogens is 1. The number of para-hydroxylation sites is 1. The number of likely N-dealkylation sites (tertiary alicyclic amines) is 1. The molecule has 1 aromatic heterocycles. The van der Waals surface area contributed by atoms with Crippen LogP contribution < -0.4 is 4.90 Å². The maximum atomic E-state index is 12.9. The second kappa shape index (κ2) is 6.71. The molecule has 3 aromatic rings. The Morgan fingerprint density at radius 3 is 2.79 bits per heavy atom. The van der Waals surface area contributed by atoms with E-state index in [0.717, 1.165) is 44.4 Å². The molecule has 0 saturated carbocycles. The number of nitro groups is 1. The molecule has 8 nitrogen and oxygen atoms in total. The number of thiazole rings is 1. The quantitative estimate of drug-likeness (QED) is 0.405. The zero-order chi connectivity index (χ0) is 20.1. The van der Waals surface area contributed by atoms with Crippen molar-refractivity contribution in [1.29, 1.82) is 0 Å². The molecule has 3 heterocycles. The lowest BCUT2D eigenvalue weighted by atomic mass is 10.1. The Morgan fingerprint density at radius 2 is 2.00 bits per heavy atom. The van der Waals surface area contributed by atoms with Crippen molar-refractivity contribution in [2.75, 3.05) is 13.2 Å². The second-order valence-corrected chi connectivity index (χ2v) is 8.34. The van der Waals surface area contributed by atoms with Gasteiger partial charge >= 0.3 is 0 Å². The van der Waals surface area contributed by atoms with Gasteiger partial charge in [0, 0.05) is 18.9 Å². The van der Waals surface area contributed by atoms with Crippen LogP contribution in [0.5, 0.6) is 0 Å². The molecule has 2 aliphatic heterocycles. The summed E-state index contributed by atoms with van der Waals surface area (Å²) in [4.78, 5) is 43.4. The number of benzene rings is 2. The van der Waals surface area contributed by atoms with Crippen molar-refractivity contribution in [3.8, 4) is 0 Å². The van der Waals surface area contributed by atoms with Crippen LogP contribution in [0, 0.1) is 10.1 Å². The maximum absolute atomic E-state index is 12.9. The minimum atomic E-state index is -0.611. The number of aromatic nitrogens is 1. The van der Waals surface area contributed by atoms with Crippen LogP contribution in [0.1, 0.15) is 44.6 Å². The molecule has 2 amide bonds. The molecule has 5 rings (SSSR count). The van der Waals surface area contributed by atoms with E-state index in [-0.39, 0.29) is 29.5 Å². The topological polar surface area (TPSA) is 97.8 Å². The third kappa shape index (κ3) is 2.81. The molecule has 1 saturated heterocycles. The van der Waals surface area contributed by atoms with E-state index in [2.05, 4.69) is 0 Å². The van der Waals surface area contributed by atoms with E-state index in [4.69, 9.17) is 4.98 Å². The Labute approximate surface area is 169 Å². The van der Waals surface area contributed by atoms with Crippen LogP contribution >= 0.6 is 11.3 Å². The first-order valence-corrected chi connectivity index (χ1v) is 10.2. The maximum Gasteiger partial charge on any atom is 0.282 e. The molecule has 2 aliphatic rings. The third-order valence-corrected chi connectivity index (χ3v) is 6.78. The number of nitrogens with zero attached hydrogens (tertiary/aromatic N) is 3. The van der Waals surface area contributed by atoms with Gasteiger partial charge in [-0.1, -0.05) is 18.2 Å². The second-order valence-electron chi connectivity index (χ2n) is 7.28. The van der Waals surface area contributed by atoms with Gasteiger partial charge in [-0.2, -0.15) is 0 Å². The average molecular weight is 409 g/mol. The van der Waals surface area contributed by atoms with E-state index in [1.54, 1.807) is 11.3 Å². The molecular formula is C20H17N4O4S+. The van der Waals surface area contributed by atoms with Crippen LogP contribution in [0.15, 0.2) is 42.5 Å². The first-order valence-electron chi connectivity index (χ1n) is 9.38. The summed E-state index contributed by atoms with van der Waals surface area (Å²) in [6, 6.07) is 12.2. The monoisotopic (exact) mass is 409 g/mol. The van der Waals surface area contributed by atoms with Crippen molar-refractivity contribution in [2.24, 2.45) is 0 Å². The lowest BCUT2D eigenvalue weighted by molar-refractivity contribution is -0.925. The van der Waals surface area contributed by atoms with Crippen molar-refractivity contribution < 1.29 is 19.4 Å². The summed E-state index contributed by atoms with van der Waals surface area (Å²) in [7, 11) is 0. The van der Waals surface area contributed by atoms with Gasteiger partial charge in [0.15, 0.2) is 11.7 Å². The van der Waals surface area contributed by atoms with Crippen molar-refractivity contribution in [1.82, 2.24) is 9.88 Å². The van der Waals surface area contributed by atoms with Gasteiger partial charge in [0.2, 0.25) is 0 Å². The number of carbonyl (C=O) groups is 2. The van der Waals surface area contributed by atoms with Crippen LogP contribution in [0.2, 0.25) is 0 Å². The van der Waals surface area contributed by atoms with Gasteiger partial charge in [-0.25, -0.2) is 9.88 Å². The Kier molecular flexibility index (Phi) is 4.14. The van der Waals surface area contributed by atoms with E-state index in [1.807, 2.05) is 24.3 Å². The standard InChI is InChI=1S/C20H16N4O4S/c25-19-12-5-3-7-14(24(27)28)17(12)20(26)23(19)11-22-10-4-8-15(22)18-21-13-6-1-2-9-16(13)29-18/h1-3,5-7,9,15H,4,8,10-11H2/p+1/t15-/m0/s1. The number of nitro benzene ring substituents is 1. The van der Waals surface area contributed by atoms with Gasteiger partial charge in [-0.3, -0.25) is 19.7 Å². The molecule has 0 spiro atoms. The van der Waals surface area contributed by atoms with E-state index in [9.17, 15) is 19.7 Å². The lowest BCUT2D eigenvalue weighted by Gasteiger charge is -2.24. The zero-order valence-electron chi connectivity index (χ0n) is 15.3. The fraction of sp³-hybridized carbons (Fsp3) is 0.250. The van der Waals surface area contributed by atoms with E-state index in [1.165, 1.54) is 18.2 Å². The highest BCUT2D eigenvalue weighted by atomic mass is 32.1. The number of amides is 2. The smallest absolute Gasteiger partial charge is 0.282 e. The molecule has 1 fully saturated rings. The van der Waals surface area contributed by atoms with Gasteiger partial charge in [0.1, 0.15) is 11.6 Å². The van der Waals surface area contributed by atoms with Crippen molar-refractivity contribution >= 4 is 39.1 Å². The Bertz CT molecular complexity index is 1140. The Balaban J connectivity index is 1.44. The number of carbonyl (C=O) groups excluding carboxylic acids is 2. The predicted octanol–water partition coefficient (Wildman–Crippen LogP) is 2.18. The molecule has 1 unspecified atom stereocenters. The molecule has 29 heavy (non-hydrogen) atoms. The average Bonchev–Trinajstić information content (AvgIpc) is 3.41. The minimum absolute atomic E-state index is 0.0994. The number of nitrogens with one attached hydrogen (secondary N) is 1. The van der Waals surface area contributed by atoms with E-state index >= 15 is 0 Å². The summed E-state index contributed by atoms with van der Waals surface area (Å²) in [5.74, 6) is -1.05. The van der Waals surface area contributed by atoms with Gasteiger partial charge in [0.25, 0.3) is 17.5 Å². The largest absolute Gasteiger partial charge is 0.309 e. The van der Waals surface area contributed by atoms with Gasteiger partial charge in [0.05, 0.1) is 27.2 Å². The number of imide groups is 1. The Morgan fingerprint density at radius 1 is 1.17 bits per heavy atom. The highest BCUT2D eigenvalue weighted by Gasteiger charge is 2.44. The normalized spacial score (nSPS) is 21.2. The highest BCUT2D eigenvalue weighted by molar-refractivity contribution is 7.18. The third-order valence-electron chi connectivity index (χ3n) is 5.63. The van der Waals surface area contributed by atoms with Crippen LogP contribution in [-0.4, -0.2) is 39.8 Å². The molecule has 0 aliphatic carbocycles. The summed E-state index contributed by atoms with van der Waals surface area (Å²) in [5, 5.41) is 12.3. The van der Waals surface area contributed by atoms with Crippen LogP contribution in [0.4, 0.5) is 5.69 Å². The molecule has 9 heteroatoms.